The van der Waals surface area contributed by atoms with Gasteiger partial charge in [0.05, 0.1) is 6.54 Å². The lowest BCUT2D eigenvalue weighted by Gasteiger charge is -2.13. The molecule has 3 heteroatoms. The SMILES string of the molecule is Cc1ccc(CC2=CC=C(Cl)CN2)cn1. The highest BCUT2D eigenvalue weighted by Gasteiger charge is 2.04. The van der Waals surface area contributed by atoms with E-state index in [1.807, 2.05) is 31.3 Å². The normalized spacial score (nSPS) is 15.3. The molecule has 0 bridgehead atoms. The van der Waals surface area contributed by atoms with Crippen LogP contribution in [0.1, 0.15) is 11.3 Å². The van der Waals surface area contributed by atoms with Crippen LogP contribution in [0.25, 0.3) is 0 Å². The standard InChI is InChI=1S/C12H13ClN2/c1-9-2-3-10(7-14-9)6-12-5-4-11(13)8-15-12/h2-5,7,15H,6,8H2,1H3. The van der Waals surface area contributed by atoms with Gasteiger partial charge in [-0.15, -0.1) is 0 Å². The number of hydrogen-bond donors (Lipinski definition) is 1. The zero-order valence-corrected chi connectivity index (χ0v) is 9.38. The molecule has 15 heavy (non-hydrogen) atoms. The lowest BCUT2D eigenvalue weighted by Crippen LogP contribution is -2.19. The predicted molar refractivity (Wildman–Crippen MR) is 62.7 cm³/mol. The molecule has 2 rings (SSSR count). The first-order chi connectivity index (χ1) is 7.24. The fourth-order valence-electron chi connectivity index (χ4n) is 1.45. The minimum atomic E-state index is 0.729. The third-order valence-corrected chi connectivity index (χ3v) is 2.58. The van der Waals surface area contributed by atoms with Gasteiger partial charge in [0.1, 0.15) is 0 Å². The average Bonchev–Trinajstić information content (AvgIpc) is 2.25. The van der Waals surface area contributed by atoms with Crippen molar-refractivity contribution in [1.82, 2.24) is 10.3 Å². The molecule has 0 aliphatic carbocycles. The number of pyridine rings is 1. The molecule has 1 aliphatic heterocycles. The van der Waals surface area contributed by atoms with Gasteiger partial charge in [0.2, 0.25) is 0 Å². The van der Waals surface area contributed by atoms with Gasteiger partial charge in [-0.1, -0.05) is 17.7 Å². The highest BCUT2D eigenvalue weighted by Crippen LogP contribution is 2.12. The zero-order valence-electron chi connectivity index (χ0n) is 8.63. The van der Waals surface area contributed by atoms with Crippen molar-refractivity contribution in [3.05, 3.63) is 52.5 Å². The van der Waals surface area contributed by atoms with Crippen LogP contribution < -0.4 is 5.32 Å². The van der Waals surface area contributed by atoms with Crippen LogP contribution in [0.4, 0.5) is 0 Å². The van der Waals surface area contributed by atoms with E-state index in [0.717, 1.165) is 23.7 Å². The first-order valence-corrected chi connectivity index (χ1v) is 5.32. The summed E-state index contributed by atoms with van der Waals surface area (Å²) in [4.78, 5) is 4.26. The minimum absolute atomic E-state index is 0.729. The van der Waals surface area contributed by atoms with E-state index in [4.69, 9.17) is 11.6 Å². The van der Waals surface area contributed by atoms with Crippen molar-refractivity contribution in [2.45, 2.75) is 13.3 Å². The number of aryl methyl sites for hydroxylation is 1. The summed E-state index contributed by atoms with van der Waals surface area (Å²) in [5, 5.41) is 4.11. The Labute approximate surface area is 94.7 Å². The first-order valence-electron chi connectivity index (χ1n) is 4.95. The van der Waals surface area contributed by atoms with E-state index < -0.39 is 0 Å². The number of dihydropyridines is 1. The quantitative estimate of drug-likeness (QED) is 0.829. The molecule has 0 atom stereocenters. The third-order valence-electron chi connectivity index (χ3n) is 2.32. The number of allylic oxidation sites excluding steroid dienone is 3. The van der Waals surface area contributed by atoms with E-state index in [1.165, 1.54) is 11.3 Å². The van der Waals surface area contributed by atoms with Crippen LogP contribution in [-0.4, -0.2) is 11.5 Å². The summed E-state index contributed by atoms with van der Waals surface area (Å²) < 4.78 is 0. The second-order valence-corrected chi connectivity index (χ2v) is 4.13. The Morgan fingerprint density at radius 1 is 1.40 bits per heavy atom. The molecule has 0 saturated heterocycles. The molecule has 1 aromatic heterocycles. The monoisotopic (exact) mass is 220 g/mol. The zero-order chi connectivity index (χ0) is 10.7. The molecular weight excluding hydrogens is 208 g/mol. The molecule has 0 spiro atoms. The molecule has 2 heterocycles. The summed E-state index contributed by atoms with van der Waals surface area (Å²) in [5.41, 5.74) is 3.45. The van der Waals surface area contributed by atoms with Crippen molar-refractivity contribution in [2.75, 3.05) is 6.54 Å². The summed E-state index contributed by atoms with van der Waals surface area (Å²) >= 11 is 5.85. The van der Waals surface area contributed by atoms with Crippen molar-refractivity contribution in [2.24, 2.45) is 0 Å². The number of aromatic nitrogens is 1. The maximum absolute atomic E-state index is 5.85. The summed E-state index contributed by atoms with van der Waals surface area (Å²) in [7, 11) is 0. The Balaban J connectivity index is 2.06. The van der Waals surface area contributed by atoms with Crippen molar-refractivity contribution in [3.63, 3.8) is 0 Å². The smallest absolute Gasteiger partial charge is 0.0505 e. The van der Waals surface area contributed by atoms with Gasteiger partial charge in [-0.2, -0.15) is 0 Å². The second-order valence-electron chi connectivity index (χ2n) is 3.64. The van der Waals surface area contributed by atoms with Crippen molar-refractivity contribution >= 4 is 11.6 Å². The van der Waals surface area contributed by atoms with Crippen molar-refractivity contribution in [1.29, 1.82) is 0 Å². The topological polar surface area (TPSA) is 24.9 Å². The summed E-state index contributed by atoms with van der Waals surface area (Å²) in [6.45, 7) is 2.72. The molecule has 78 valence electrons. The van der Waals surface area contributed by atoms with Gasteiger partial charge < -0.3 is 5.32 Å². The molecular formula is C12H13ClN2. The molecule has 0 amide bonds. The highest BCUT2D eigenvalue weighted by atomic mass is 35.5. The van der Waals surface area contributed by atoms with Gasteiger partial charge >= 0.3 is 0 Å². The van der Waals surface area contributed by atoms with Crippen molar-refractivity contribution < 1.29 is 0 Å². The van der Waals surface area contributed by atoms with E-state index in [1.54, 1.807) is 0 Å². The number of nitrogens with one attached hydrogen (secondary N) is 1. The van der Waals surface area contributed by atoms with Crippen LogP contribution in [-0.2, 0) is 6.42 Å². The Hall–Kier alpha value is -1.28. The summed E-state index contributed by atoms with van der Waals surface area (Å²) in [6, 6.07) is 4.13. The van der Waals surface area contributed by atoms with Gasteiger partial charge in [-0.05, 0) is 30.7 Å². The maximum Gasteiger partial charge on any atom is 0.0505 e. The molecule has 1 aromatic rings. The molecule has 1 aliphatic rings. The molecule has 0 radical (unpaired) electrons. The third kappa shape index (κ3) is 2.83. The molecule has 1 N–H and O–H groups in total. The number of nitrogens with zero attached hydrogens (tertiary/aromatic N) is 1. The van der Waals surface area contributed by atoms with Gasteiger partial charge in [0, 0.05) is 29.0 Å². The van der Waals surface area contributed by atoms with Gasteiger partial charge in [0.25, 0.3) is 0 Å². The van der Waals surface area contributed by atoms with E-state index in [-0.39, 0.29) is 0 Å². The van der Waals surface area contributed by atoms with Crippen LogP contribution in [0.5, 0.6) is 0 Å². The largest absolute Gasteiger partial charge is 0.383 e. The molecule has 0 unspecified atom stereocenters. The number of halogens is 1. The van der Waals surface area contributed by atoms with E-state index >= 15 is 0 Å². The molecule has 0 aromatic carbocycles. The molecule has 0 fully saturated rings. The Bertz CT molecular complexity index is 404. The molecule has 0 saturated carbocycles. The lowest BCUT2D eigenvalue weighted by molar-refractivity contribution is 0.835. The minimum Gasteiger partial charge on any atom is -0.383 e. The van der Waals surface area contributed by atoms with E-state index in [9.17, 15) is 0 Å². The fourth-order valence-corrected chi connectivity index (χ4v) is 1.58. The van der Waals surface area contributed by atoms with Gasteiger partial charge in [-0.3, -0.25) is 4.98 Å². The van der Waals surface area contributed by atoms with E-state index in [2.05, 4.69) is 16.4 Å². The van der Waals surface area contributed by atoms with Crippen LogP contribution in [0.15, 0.2) is 41.2 Å². The van der Waals surface area contributed by atoms with Crippen molar-refractivity contribution in [3.8, 4) is 0 Å². The lowest BCUT2D eigenvalue weighted by atomic mass is 10.1. The van der Waals surface area contributed by atoms with Crippen LogP contribution in [0.2, 0.25) is 0 Å². The fraction of sp³-hybridized carbons (Fsp3) is 0.250. The number of hydrogen-bond acceptors (Lipinski definition) is 2. The Morgan fingerprint density at radius 3 is 2.87 bits per heavy atom. The number of rotatable bonds is 2. The maximum atomic E-state index is 5.85. The predicted octanol–water partition coefficient (Wildman–Crippen LogP) is 2.54. The van der Waals surface area contributed by atoms with Crippen LogP contribution in [0, 0.1) is 6.92 Å². The van der Waals surface area contributed by atoms with Gasteiger partial charge in [0.15, 0.2) is 0 Å². The molecule has 2 nitrogen and oxygen atoms in total. The average molecular weight is 221 g/mol. The summed E-state index contributed by atoms with van der Waals surface area (Å²) in [6.07, 6.45) is 6.76. The summed E-state index contributed by atoms with van der Waals surface area (Å²) in [5.74, 6) is 0. The van der Waals surface area contributed by atoms with Crippen LogP contribution >= 0.6 is 11.6 Å². The van der Waals surface area contributed by atoms with Crippen LogP contribution in [0.3, 0.4) is 0 Å². The van der Waals surface area contributed by atoms with Gasteiger partial charge in [-0.25, -0.2) is 0 Å². The Morgan fingerprint density at radius 2 is 2.27 bits per heavy atom. The Kier molecular flexibility index (Phi) is 3.07. The first kappa shape index (κ1) is 10.2. The highest BCUT2D eigenvalue weighted by molar-refractivity contribution is 6.30. The second kappa shape index (κ2) is 4.49. The van der Waals surface area contributed by atoms with E-state index in [0.29, 0.717) is 0 Å².